The molecular formula is C17H19F8O8S-. The predicted molar refractivity (Wildman–Crippen MR) is 92.9 cm³/mol. The standard InChI is InChI=1S/C17H20F8O8S/c1-10(18)12(26)33-15(16(21,22)23,13(27)32-11-6-3-2-4-7-11)31-9-5-8-14(19,20)17(24,25)34(28,29)30/h11H,1-9H2,(H,28,29,30)/p-1. The molecule has 0 saturated heterocycles. The maximum absolute atomic E-state index is 13.8. The van der Waals surface area contributed by atoms with Gasteiger partial charge in [-0.2, -0.15) is 35.1 Å². The number of halogens is 8. The van der Waals surface area contributed by atoms with Crippen LogP contribution in [-0.2, 0) is 33.9 Å². The molecule has 1 rings (SSSR count). The largest absolute Gasteiger partial charge is 0.743 e. The lowest BCUT2D eigenvalue weighted by Crippen LogP contribution is -2.59. The molecule has 1 atom stereocenters. The van der Waals surface area contributed by atoms with Crippen molar-refractivity contribution in [2.75, 3.05) is 6.61 Å². The summed E-state index contributed by atoms with van der Waals surface area (Å²) in [4.78, 5) is 23.8. The van der Waals surface area contributed by atoms with E-state index in [0.717, 1.165) is 0 Å². The molecule has 0 amide bonds. The third-order valence-corrected chi connectivity index (χ3v) is 5.53. The van der Waals surface area contributed by atoms with Crippen LogP contribution in [0.15, 0.2) is 12.4 Å². The fourth-order valence-corrected chi connectivity index (χ4v) is 3.29. The first-order valence-corrected chi connectivity index (χ1v) is 10.9. The number of carbonyl (C=O) groups is 2. The fraction of sp³-hybridized carbons (Fsp3) is 0.765. The molecule has 0 aromatic heterocycles. The zero-order valence-electron chi connectivity index (χ0n) is 17.1. The highest BCUT2D eigenvalue weighted by molar-refractivity contribution is 7.86. The van der Waals surface area contributed by atoms with Crippen LogP contribution in [-0.4, -0.2) is 60.8 Å². The molecule has 0 radical (unpaired) electrons. The topological polar surface area (TPSA) is 119 Å². The molecule has 0 heterocycles. The number of alkyl halides is 7. The molecule has 0 aliphatic heterocycles. The van der Waals surface area contributed by atoms with Gasteiger partial charge >= 0.3 is 35.1 Å². The average molecular weight is 535 g/mol. The lowest BCUT2D eigenvalue weighted by molar-refractivity contribution is -0.356. The van der Waals surface area contributed by atoms with E-state index in [4.69, 9.17) is 0 Å². The molecule has 17 heteroatoms. The Morgan fingerprint density at radius 3 is 1.97 bits per heavy atom. The van der Waals surface area contributed by atoms with E-state index in [0.29, 0.717) is 19.3 Å². The lowest BCUT2D eigenvalue weighted by Gasteiger charge is -2.34. The minimum atomic E-state index is -6.85. The van der Waals surface area contributed by atoms with Gasteiger partial charge < -0.3 is 18.8 Å². The lowest BCUT2D eigenvalue weighted by atomic mass is 9.98. The maximum Gasteiger partial charge on any atom is 0.468 e. The summed E-state index contributed by atoms with van der Waals surface area (Å²) in [6, 6.07) is 0. The quantitative estimate of drug-likeness (QED) is 0.0981. The molecule has 34 heavy (non-hydrogen) atoms. The molecule has 1 unspecified atom stereocenters. The summed E-state index contributed by atoms with van der Waals surface area (Å²) < 4.78 is 151. The Morgan fingerprint density at radius 1 is 1.00 bits per heavy atom. The number of carbonyl (C=O) groups excluding carboxylic acids is 2. The molecular weight excluding hydrogens is 516 g/mol. The van der Waals surface area contributed by atoms with Crippen molar-refractivity contribution in [1.82, 2.24) is 0 Å². The van der Waals surface area contributed by atoms with Gasteiger partial charge in [-0.05, 0) is 32.1 Å². The number of ether oxygens (including phenoxy) is 3. The Labute approximate surface area is 187 Å². The first-order chi connectivity index (χ1) is 15.3. The zero-order valence-corrected chi connectivity index (χ0v) is 18.0. The molecule has 0 aromatic rings. The summed E-state index contributed by atoms with van der Waals surface area (Å²) >= 11 is 0. The van der Waals surface area contributed by atoms with Gasteiger partial charge in [0.05, 0.1) is 6.61 Å². The number of rotatable bonds is 11. The van der Waals surface area contributed by atoms with Crippen LogP contribution in [0, 0.1) is 0 Å². The van der Waals surface area contributed by atoms with Crippen LogP contribution in [0.2, 0.25) is 0 Å². The summed E-state index contributed by atoms with van der Waals surface area (Å²) in [5.74, 6) is -17.1. The van der Waals surface area contributed by atoms with Crippen molar-refractivity contribution >= 4 is 22.1 Å². The van der Waals surface area contributed by atoms with Crippen LogP contribution in [0.1, 0.15) is 44.9 Å². The minimum absolute atomic E-state index is 0.119. The third kappa shape index (κ3) is 6.78. The zero-order chi connectivity index (χ0) is 26.6. The maximum atomic E-state index is 13.8. The minimum Gasteiger partial charge on any atom is -0.743 e. The molecule has 8 nitrogen and oxygen atoms in total. The van der Waals surface area contributed by atoms with E-state index >= 15 is 0 Å². The Hall–Kier alpha value is -2.01. The number of hydrogen-bond donors (Lipinski definition) is 0. The molecule has 1 saturated carbocycles. The highest BCUT2D eigenvalue weighted by Crippen LogP contribution is 2.42. The van der Waals surface area contributed by atoms with Crippen molar-refractivity contribution in [2.45, 2.75) is 74.2 Å². The Kier molecular flexibility index (Phi) is 9.47. The van der Waals surface area contributed by atoms with Gasteiger partial charge in [0, 0.05) is 6.42 Å². The Balaban J connectivity index is 3.13. The number of esters is 2. The van der Waals surface area contributed by atoms with Crippen LogP contribution in [0.25, 0.3) is 0 Å². The second-order valence-electron chi connectivity index (χ2n) is 7.20. The van der Waals surface area contributed by atoms with Crippen molar-refractivity contribution in [2.24, 2.45) is 0 Å². The smallest absolute Gasteiger partial charge is 0.468 e. The summed E-state index contributed by atoms with van der Waals surface area (Å²) in [5, 5.41) is -6.11. The van der Waals surface area contributed by atoms with Gasteiger partial charge in [0.1, 0.15) is 6.10 Å². The van der Waals surface area contributed by atoms with Gasteiger partial charge in [0.2, 0.25) is 5.83 Å². The van der Waals surface area contributed by atoms with Gasteiger partial charge in [-0.25, -0.2) is 18.0 Å². The number of hydrogen-bond acceptors (Lipinski definition) is 8. The summed E-state index contributed by atoms with van der Waals surface area (Å²) in [5.41, 5.74) is 0. The summed E-state index contributed by atoms with van der Waals surface area (Å²) in [6.07, 6.45) is -8.90. The van der Waals surface area contributed by atoms with Crippen molar-refractivity contribution in [3.8, 4) is 0 Å². The van der Waals surface area contributed by atoms with Gasteiger partial charge in [-0.1, -0.05) is 13.0 Å². The van der Waals surface area contributed by atoms with Crippen molar-refractivity contribution in [3.05, 3.63) is 12.4 Å². The van der Waals surface area contributed by atoms with Gasteiger partial charge in [-0.3, -0.25) is 0 Å². The van der Waals surface area contributed by atoms with Crippen LogP contribution >= 0.6 is 0 Å². The molecule has 0 aromatic carbocycles. The molecule has 0 spiro atoms. The van der Waals surface area contributed by atoms with Gasteiger partial charge in [0.15, 0.2) is 10.1 Å². The molecule has 0 N–H and O–H groups in total. The van der Waals surface area contributed by atoms with Crippen molar-refractivity contribution in [3.63, 3.8) is 0 Å². The molecule has 1 aliphatic carbocycles. The van der Waals surface area contributed by atoms with Gasteiger partial charge in [-0.15, -0.1) is 0 Å². The van der Waals surface area contributed by atoms with Gasteiger partial charge in [0.25, 0.3) is 0 Å². The summed E-state index contributed by atoms with van der Waals surface area (Å²) in [7, 11) is -6.85. The normalized spacial score (nSPS) is 18.1. The summed E-state index contributed by atoms with van der Waals surface area (Å²) in [6.45, 7) is 0.719. The van der Waals surface area contributed by atoms with E-state index in [1.54, 1.807) is 0 Å². The monoisotopic (exact) mass is 535 g/mol. The molecule has 198 valence electrons. The van der Waals surface area contributed by atoms with E-state index in [1.807, 2.05) is 0 Å². The van der Waals surface area contributed by atoms with Crippen molar-refractivity contribution < 1.29 is 71.9 Å². The molecule has 0 bridgehead atoms. The average Bonchev–Trinajstić information content (AvgIpc) is 2.68. The molecule has 1 fully saturated rings. The fourth-order valence-electron chi connectivity index (χ4n) is 2.82. The van der Waals surface area contributed by atoms with E-state index < -0.39 is 76.6 Å². The van der Waals surface area contributed by atoms with E-state index in [1.165, 1.54) is 0 Å². The third-order valence-electron chi connectivity index (χ3n) is 4.61. The van der Waals surface area contributed by atoms with Crippen LogP contribution in [0.4, 0.5) is 35.1 Å². The van der Waals surface area contributed by atoms with Crippen LogP contribution < -0.4 is 0 Å². The predicted octanol–water partition coefficient (Wildman–Crippen LogP) is 3.72. The van der Waals surface area contributed by atoms with E-state index in [9.17, 15) is 57.7 Å². The highest BCUT2D eigenvalue weighted by Gasteiger charge is 2.68. The first kappa shape index (κ1) is 30.0. The van der Waals surface area contributed by atoms with E-state index in [2.05, 4.69) is 20.8 Å². The Morgan fingerprint density at radius 2 is 1.53 bits per heavy atom. The highest BCUT2D eigenvalue weighted by atomic mass is 32.2. The van der Waals surface area contributed by atoms with E-state index in [-0.39, 0.29) is 12.8 Å². The van der Waals surface area contributed by atoms with Crippen molar-refractivity contribution in [1.29, 1.82) is 0 Å². The second-order valence-corrected chi connectivity index (χ2v) is 8.62. The molecule has 1 aliphatic rings. The SMILES string of the molecule is C=C(F)C(=O)OC(OCCCC(F)(F)C(F)(F)S(=O)(=O)[O-])(C(=O)OC1CCCCC1)C(F)(F)F. The Bertz CT molecular complexity index is 867. The first-order valence-electron chi connectivity index (χ1n) is 9.49. The van der Waals surface area contributed by atoms with Crippen LogP contribution in [0.3, 0.4) is 0 Å². The van der Waals surface area contributed by atoms with Crippen LogP contribution in [0.5, 0.6) is 0 Å². The second kappa shape index (κ2) is 10.7.